The molecule has 0 heterocycles. The fraction of sp³-hybridized carbons (Fsp3) is 0. The maximum Gasteiger partial charge on any atom is 0.363 e. The largest absolute Gasteiger partial charge is 0.363 e. The van der Waals surface area contributed by atoms with E-state index in [-0.39, 0.29) is 0 Å². The van der Waals surface area contributed by atoms with Crippen LogP contribution in [0.3, 0.4) is 0 Å². The Balaban J connectivity index is 3.37. The number of para-hydroxylation sites is 1. The van der Waals surface area contributed by atoms with Gasteiger partial charge in [-0.25, -0.2) is 0 Å². The standard InChI is InChI=1S/C6H5NO5P/c8-7(9)5-3-1-2-4-6(5)13(10,11)12/h1-2,4H,(H2,10,11,12). The van der Waals surface area contributed by atoms with E-state index >= 15 is 0 Å². The summed E-state index contributed by atoms with van der Waals surface area (Å²) in [6.07, 6.45) is 0. The third-order valence-corrected chi connectivity index (χ3v) is 2.30. The highest BCUT2D eigenvalue weighted by atomic mass is 31.2. The van der Waals surface area contributed by atoms with Crippen LogP contribution in [0.4, 0.5) is 5.69 Å². The van der Waals surface area contributed by atoms with E-state index in [0.29, 0.717) is 0 Å². The van der Waals surface area contributed by atoms with Crippen LogP contribution in [0.25, 0.3) is 0 Å². The van der Waals surface area contributed by atoms with Crippen LogP contribution in [0.1, 0.15) is 0 Å². The summed E-state index contributed by atoms with van der Waals surface area (Å²) in [5.74, 6) is 0. The van der Waals surface area contributed by atoms with Crippen LogP contribution in [-0.2, 0) is 4.57 Å². The van der Waals surface area contributed by atoms with E-state index in [1.54, 1.807) is 0 Å². The van der Waals surface area contributed by atoms with E-state index < -0.39 is 23.5 Å². The van der Waals surface area contributed by atoms with Crippen LogP contribution < -0.4 is 5.30 Å². The molecular formula is C6H5NO5P. The maximum atomic E-state index is 10.7. The molecule has 0 amide bonds. The summed E-state index contributed by atoms with van der Waals surface area (Å²) in [6, 6.07) is 5.66. The first-order valence-electron chi connectivity index (χ1n) is 3.14. The number of nitro groups is 1. The number of hydrogen-bond acceptors (Lipinski definition) is 3. The predicted molar refractivity (Wildman–Crippen MR) is 43.6 cm³/mol. The number of benzene rings is 1. The predicted octanol–water partition coefficient (Wildman–Crippen LogP) is 0.198. The van der Waals surface area contributed by atoms with Crippen molar-refractivity contribution in [3.05, 3.63) is 34.4 Å². The molecule has 0 aromatic heterocycles. The molecule has 0 fully saturated rings. The van der Waals surface area contributed by atoms with Crippen LogP contribution in [0.2, 0.25) is 0 Å². The molecule has 1 aromatic carbocycles. The molecule has 0 bridgehead atoms. The Kier molecular flexibility index (Phi) is 2.47. The van der Waals surface area contributed by atoms with E-state index in [9.17, 15) is 14.7 Å². The van der Waals surface area contributed by atoms with Gasteiger partial charge in [0.1, 0.15) is 5.30 Å². The fourth-order valence-corrected chi connectivity index (χ4v) is 1.50. The van der Waals surface area contributed by atoms with Gasteiger partial charge in [0.2, 0.25) is 0 Å². The molecule has 13 heavy (non-hydrogen) atoms. The summed E-state index contributed by atoms with van der Waals surface area (Å²) in [6.45, 7) is 0. The number of rotatable bonds is 2. The second-order valence-electron chi connectivity index (χ2n) is 2.21. The third-order valence-electron chi connectivity index (χ3n) is 1.31. The normalized spacial score (nSPS) is 11.2. The molecule has 0 spiro atoms. The average molecular weight is 202 g/mol. The van der Waals surface area contributed by atoms with Crippen LogP contribution in [-0.4, -0.2) is 14.7 Å². The smallest absolute Gasteiger partial charge is 0.321 e. The molecule has 2 N–H and O–H groups in total. The average Bonchev–Trinajstić information content (AvgIpc) is 2.03. The van der Waals surface area contributed by atoms with Gasteiger partial charge in [0.05, 0.1) is 11.0 Å². The van der Waals surface area contributed by atoms with E-state index in [1.165, 1.54) is 12.1 Å². The highest BCUT2D eigenvalue weighted by Gasteiger charge is 2.27. The van der Waals surface area contributed by atoms with Crippen molar-refractivity contribution in [2.24, 2.45) is 0 Å². The minimum absolute atomic E-state index is 0.611. The molecule has 0 aliphatic carbocycles. The summed E-state index contributed by atoms with van der Waals surface area (Å²) in [5.41, 5.74) is -0.684. The molecule has 7 heteroatoms. The first kappa shape index (κ1) is 9.85. The van der Waals surface area contributed by atoms with Crippen LogP contribution in [0, 0.1) is 16.2 Å². The number of nitrogens with zero attached hydrogens (tertiary/aromatic N) is 1. The highest BCUT2D eigenvalue weighted by Crippen LogP contribution is 2.36. The third kappa shape index (κ3) is 2.12. The molecule has 0 unspecified atom stereocenters. The Morgan fingerprint density at radius 3 is 2.54 bits per heavy atom. The monoisotopic (exact) mass is 202 g/mol. The van der Waals surface area contributed by atoms with Crippen molar-refractivity contribution in [2.75, 3.05) is 0 Å². The summed E-state index contributed by atoms with van der Waals surface area (Å²) in [4.78, 5) is 26.8. The lowest BCUT2D eigenvalue weighted by Crippen LogP contribution is -2.09. The number of hydrogen-bond donors (Lipinski definition) is 2. The summed E-state index contributed by atoms with van der Waals surface area (Å²) in [7, 11) is -4.58. The van der Waals surface area contributed by atoms with Gasteiger partial charge in [0, 0.05) is 0 Å². The fourth-order valence-electron chi connectivity index (χ4n) is 0.800. The lowest BCUT2D eigenvalue weighted by atomic mass is 10.3. The van der Waals surface area contributed by atoms with Gasteiger partial charge < -0.3 is 9.79 Å². The van der Waals surface area contributed by atoms with Crippen molar-refractivity contribution in [3.63, 3.8) is 0 Å². The molecular weight excluding hydrogens is 197 g/mol. The Morgan fingerprint density at radius 1 is 1.54 bits per heavy atom. The van der Waals surface area contributed by atoms with Crippen molar-refractivity contribution < 1.29 is 19.3 Å². The van der Waals surface area contributed by atoms with Gasteiger partial charge >= 0.3 is 7.60 Å². The molecule has 0 saturated carbocycles. The van der Waals surface area contributed by atoms with Crippen LogP contribution in [0.5, 0.6) is 0 Å². The molecule has 0 aliphatic rings. The second kappa shape index (κ2) is 3.26. The quantitative estimate of drug-likeness (QED) is 0.405. The molecule has 0 saturated heterocycles. The lowest BCUT2D eigenvalue weighted by Gasteiger charge is -2.02. The minimum atomic E-state index is -4.58. The van der Waals surface area contributed by atoms with E-state index in [2.05, 4.69) is 6.07 Å². The Hall–Kier alpha value is -1.23. The molecule has 1 rings (SSSR count). The second-order valence-corrected chi connectivity index (χ2v) is 3.77. The van der Waals surface area contributed by atoms with Crippen molar-refractivity contribution in [2.45, 2.75) is 0 Å². The SMILES string of the molecule is O=[N+]([O-])c1[c]cccc1P(=O)(O)O. The molecule has 1 radical (unpaired) electrons. The topological polar surface area (TPSA) is 101 Å². The van der Waals surface area contributed by atoms with Crippen molar-refractivity contribution in [1.82, 2.24) is 0 Å². The Labute approximate surface area is 73.1 Å². The van der Waals surface area contributed by atoms with Crippen molar-refractivity contribution in [1.29, 1.82) is 0 Å². The Morgan fingerprint density at radius 2 is 2.15 bits per heavy atom. The molecule has 0 aliphatic heterocycles. The molecule has 6 nitrogen and oxygen atoms in total. The van der Waals surface area contributed by atoms with E-state index in [0.717, 1.165) is 6.07 Å². The summed E-state index contributed by atoms with van der Waals surface area (Å²) >= 11 is 0. The zero-order valence-electron chi connectivity index (χ0n) is 6.25. The number of nitro benzene ring substituents is 1. The van der Waals surface area contributed by atoms with E-state index in [4.69, 9.17) is 9.79 Å². The van der Waals surface area contributed by atoms with Gasteiger partial charge in [-0.1, -0.05) is 6.07 Å². The van der Waals surface area contributed by atoms with Gasteiger partial charge in [-0.2, -0.15) is 0 Å². The minimum Gasteiger partial charge on any atom is -0.321 e. The molecule has 0 atom stereocenters. The van der Waals surface area contributed by atoms with Gasteiger partial charge in [-0.15, -0.1) is 0 Å². The van der Waals surface area contributed by atoms with Gasteiger partial charge in [0.15, 0.2) is 0 Å². The Bertz CT molecular complexity index is 384. The maximum absolute atomic E-state index is 10.7. The summed E-state index contributed by atoms with van der Waals surface area (Å²) < 4.78 is 10.7. The zero-order valence-corrected chi connectivity index (χ0v) is 7.14. The van der Waals surface area contributed by atoms with Gasteiger partial charge in [0.25, 0.3) is 5.69 Å². The van der Waals surface area contributed by atoms with Crippen molar-refractivity contribution in [3.8, 4) is 0 Å². The summed E-state index contributed by atoms with van der Waals surface area (Å²) in [5, 5.41) is 9.69. The van der Waals surface area contributed by atoms with Crippen molar-refractivity contribution >= 4 is 18.6 Å². The first-order chi connectivity index (χ1) is 5.93. The van der Waals surface area contributed by atoms with Crippen LogP contribution in [0.15, 0.2) is 18.2 Å². The zero-order chi connectivity index (χ0) is 10.1. The molecule has 69 valence electrons. The lowest BCUT2D eigenvalue weighted by molar-refractivity contribution is -0.384. The van der Waals surface area contributed by atoms with E-state index in [1.807, 2.05) is 0 Å². The highest BCUT2D eigenvalue weighted by molar-refractivity contribution is 7.60. The van der Waals surface area contributed by atoms with Crippen LogP contribution >= 0.6 is 7.60 Å². The van der Waals surface area contributed by atoms with Gasteiger partial charge in [-0.3, -0.25) is 14.7 Å². The first-order valence-corrected chi connectivity index (χ1v) is 4.75. The molecule has 1 aromatic rings. The van der Waals surface area contributed by atoms with Gasteiger partial charge in [-0.05, 0) is 12.1 Å².